The van der Waals surface area contributed by atoms with Gasteiger partial charge in [0.2, 0.25) is 5.95 Å². The summed E-state index contributed by atoms with van der Waals surface area (Å²) in [6.45, 7) is 8.95. The van der Waals surface area contributed by atoms with Crippen LogP contribution in [0.4, 0.5) is 31.8 Å². The Morgan fingerprint density at radius 2 is 1.71 bits per heavy atom. The Morgan fingerprint density at radius 3 is 2.46 bits per heavy atom. The Labute approximate surface area is 293 Å². The fourth-order valence-corrected chi connectivity index (χ4v) is 7.47. The smallest absolute Gasteiger partial charge is 0.227 e. The number of halogens is 2. The molecule has 13 heteroatoms. The zero-order chi connectivity index (χ0) is 32.9. The molecule has 0 unspecified atom stereocenters. The van der Waals surface area contributed by atoms with E-state index in [0.717, 1.165) is 82.8 Å². The van der Waals surface area contributed by atoms with Gasteiger partial charge in [-0.3, -0.25) is 4.90 Å². The number of phenolic OH excluding ortho intramolecular Hbond substituents is 1. The van der Waals surface area contributed by atoms with Crippen LogP contribution in [0.15, 0.2) is 71.8 Å². The van der Waals surface area contributed by atoms with E-state index in [2.05, 4.69) is 38.0 Å². The van der Waals surface area contributed by atoms with Crippen LogP contribution in [0.5, 0.6) is 5.75 Å². The van der Waals surface area contributed by atoms with Gasteiger partial charge >= 0.3 is 0 Å². The number of thiazole rings is 1. The van der Waals surface area contributed by atoms with Crippen LogP contribution in [0.3, 0.4) is 0 Å². The largest absolute Gasteiger partial charge is 0.506 e. The average Bonchev–Trinajstić information content (AvgIpc) is 3.47. The summed E-state index contributed by atoms with van der Waals surface area (Å²) in [6, 6.07) is 16.9. The fraction of sp³-hybridized carbons (Fsp3) is 0.286. The second-order valence-electron chi connectivity index (χ2n) is 11.1. The van der Waals surface area contributed by atoms with E-state index >= 15 is 0 Å². The SMILES string of the molecule is C.CSCCN1CCN(c2cc(O)c(Nc3nccc(-c4sc(C)nc4-c4cccc(NSc5c(F)cccc5F)c4)n3)cc2C)CC1. The second kappa shape index (κ2) is 16.0. The molecule has 0 saturated carbocycles. The number of hydrogen-bond acceptors (Lipinski definition) is 11. The van der Waals surface area contributed by atoms with E-state index in [4.69, 9.17) is 9.97 Å². The standard InChI is InChI=1S/C34H35F2N7OS3.CH4/c1-21-18-28(30(44)20-29(21)43-14-12-42(13-15-43)16-17-45-3)40-34-37-11-10-27(39-34)33-31(38-22(2)46-33)23-6-4-7-24(19-23)41-47-32-25(35)8-5-9-26(32)36;/h4-11,18-20,41,44H,12-17H2,1-3H3,(H,37,39,40);1H4. The second-order valence-corrected chi connectivity index (χ2v) is 14.1. The Morgan fingerprint density at radius 1 is 0.958 bits per heavy atom. The minimum atomic E-state index is -0.626. The molecule has 1 fully saturated rings. The number of benzene rings is 3. The summed E-state index contributed by atoms with van der Waals surface area (Å²) in [5, 5.41) is 15.1. The van der Waals surface area contributed by atoms with Crippen LogP contribution >= 0.6 is 35.0 Å². The maximum absolute atomic E-state index is 14.1. The van der Waals surface area contributed by atoms with Crippen molar-refractivity contribution in [1.82, 2.24) is 19.9 Å². The number of nitrogens with one attached hydrogen (secondary N) is 2. The van der Waals surface area contributed by atoms with Crippen LogP contribution < -0.4 is 14.9 Å². The molecule has 48 heavy (non-hydrogen) atoms. The van der Waals surface area contributed by atoms with Crippen molar-refractivity contribution in [3.05, 3.63) is 89.1 Å². The molecule has 0 spiro atoms. The van der Waals surface area contributed by atoms with Crippen LogP contribution in [0.25, 0.3) is 21.8 Å². The molecule has 0 bridgehead atoms. The number of rotatable bonds is 11. The van der Waals surface area contributed by atoms with Gasteiger partial charge in [-0.25, -0.2) is 23.7 Å². The summed E-state index contributed by atoms with van der Waals surface area (Å²) in [7, 11) is 0. The predicted molar refractivity (Wildman–Crippen MR) is 199 cm³/mol. The molecule has 3 aromatic carbocycles. The average molecular weight is 708 g/mol. The van der Waals surface area contributed by atoms with E-state index in [1.165, 1.54) is 29.5 Å². The van der Waals surface area contributed by atoms with Gasteiger partial charge in [-0.2, -0.15) is 11.8 Å². The fourth-order valence-electron chi connectivity index (χ4n) is 5.44. The van der Waals surface area contributed by atoms with Gasteiger partial charge < -0.3 is 20.0 Å². The maximum Gasteiger partial charge on any atom is 0.227 e. The normalized spacial score (nSPS) is 13.3. The maximum atomic E-state index is 14.1. The molecular weight excluding hydrogens is 669 g/mol. The third-order valence-corrected chi connectivity index (χ3v) is 10.3. The van der Waals surface area contributed by atoms with Crippen LogP contribution in [-0.4, -0.2) is 69.7 Å². The van der Waals surface area contributed by atoms with Gasteiger partial charge in [0.1, 0.15) is 17.4 Å². The molecule has 3 heterocycles. The minimum Gasteiger partial charge on any atom is -0.506 e. The van der Waals surface area contributed by atoms with Crippen LogP contribution in [0, 0.1) is 25.5 Å². The zero-order valence-corrected chi connectivity index (χ0v) is 28.7. The lowest BCUT2D eigenvalue weighted by atomic mass is 10.1. The van der Waals surface area contributed by atoms with Crippen molar-refractivity contribution < 1.29 is 13.9 Å². The topological polar surface area (TPSA) is 89.4 Å². The van der Waals surface area contributed by atoms with E-state index in [1.54, 1.807) is 6.20 Å². The molecule has 0 atom stereocenters. The molecule has 1 saturated heterocycles. The van der Waals surface area contributed by atoms with Crippen LogP contribution in [0.2, 0.25) is 0 Å². The van der Waals surface area contributed by atoms with E-state index in [9.17, 15) is 13.9 Å². The zero-order valence-electron chi connectivity index (χ0n) is 26.3. The van der Waals surface area contributed by atoms with Crippen molar-refractivity contribution in [2.45, 2.75) is 26.2 Å². The number of thioether (sulfide) groups is 1. The van der Waals surface area contributed by atoms with E-state index in [1.807, 2.05) is 61.2 Å². The lowest BCUT2D eigenvalue weighted by Gasteiger charge is -2.37. The van der Waals surface area contributed by atoms with Crippen molar-refractivity contribution in [2.24, 2.45) is 0 Å². The summed E-state index contributed by atoms with van der Waals surface area (Å²) >= 11 is 4.26. The van der Waals surface area contributed by atoms with Gasteiger partial charge in [-0.05, 0) is 74.0 Å². The first-order valence-electron chi connectivity index (χ1n) is 15.1. The Balaban J connectivity index is 0.00000451. The lowest BCUT2D eigenvalue weighted by molar-refractivity contribution is 0.273. The van der Waals surface area contributed by atoms with Gasteiger partial charge in [0.25, 0.3) is 0 Å². The number of aromatic nitrogens is 3. The summed E-state index contributed by atoms with van der Waals surface area (Å²) in [5.74, 6) is 0.372. The highest BCUT2D eigenvalue weighted by Gasteiger charge is 2.21. The van der Waals surface area contributed by atoms with Gasteiger partial charge in [-0.1, -0.05) is 25.6 Å². The molecule has 1 aliphatic heterocycles. The third kappa shape index (κ3) is 8.20. The van der Waals surface area contributed by atoms with Gasteiger partial charge in [-0.15, -0.1) is 11.3 Å². The van der Waals surface area contributed by atoms with E-state index in [0.29, 0.717) is 23.0 Å². The monoisotopic (exact) mass is 707 g/mol. The number of aryl methyl sites for hydroxylation is 2. The number of anilines is 4. The molecule has 1 aliphatic rings. The van der Waals surface area contributed by atoms with Crippen molar-refractivity contribution in [3.8, 4) is 27.6 Å². The number of hydrogen-bond donors (Lipinski definition) is 3. The first kappa shape index (κ1) is 35.4. The van der Waals surface area contributed by atoms with Gasteiger partial charge in [0.15, 0.2) is 0 Å². The first-order valence-corrected chi connectivity index (χ1v) is 18.2. The van der Waals surface area contributed by atoms with E-state index < -0.39 is 11.6 Å². The van der Waals surface area contributed by atoms with Crippen LogP contribution in [0.1, 0.15) is 18.0 Å². The van der Waals surface area contributed by atoms with Gasteiger partial charge in [0.05, 0.1) is 31.9 Å². The number of nitrogens with zero attached hydrogens (tertiary/aromatic N) is 5. The van der Waals surface area contributed by atoms with Gasteiger partial charge in [0, 0.05) is 67.7 Å². The quantitative estimate of drug-likeness (QED) is 0.0914. The molecule has 0 aliphatic carbocycles. The Kier molecular flexibility index (Phi) is 11.8. The lowest BCUT2D eigenvalue weighted by Crippen LogP contribution is -2.47. The minimum absolute atomic E-state index is 0. The third-order valence-electron chi connectivity index (χ3n) is 7.83. The highest BCUT2D eigenvalue weighted by Crippen LogP contribution is 2.39. The summed E-state index contributed by atoms with van der Waals surface area (Å²) in [6.07, 6.45) is 3.81. The molecule has 0 radical (unpaired) electrons. The van der Waals surface area contributed by atoms with Crippen molar-refractivity contribution in [1.29, 1.82) is 0 Å². The van der Waals surface area contributed by atoms with Crippen molar-refractivity contribution in [2.75, 3.05) is 59.7 Å². The first-order chi connectivity index (χ1) is 22.8. The van der Waals surface area contributed by atoms with Crippen molar-refractivity contribution in [3.63, 3.8) is 0 Å². The van der Waals surface area contributed by atoms with Crippen LogP contribution in [-0.2, 0) is 0 Å². The highest BCUT2D eigenvalue weighted by molar-refractivity contribution is 8.00. The van der Waals surface area contributed by atoms with Crippen molar-refractivity contribution >= 4 is 58.1 Å². The molecule has 3 N–H and O–H groups in total. The number of aromatic hydroxyl groups is 1. The predicted octanol–water partition coefficient (Wildman–Crippen LogP) is 8.85. The molecule has 2 aromatic heterocycles. The molecule has 8 nitrogen and oxygen atoms in total. The number of piperazine rings is 1. The molecule has 5 aromatic rings. The Hall–Kier alpha value is -3.91. The molecule has 252 valence electrons. The molecular formula is C35H39F2N7OS3. The summed E-state index contributed by atoms with van der Waals surface area (Å²) in [5.41, 5.74) is 5.53. The summed E-state index contributed by atoms with van der Waals surface area (Å²) < 4.78 is 31.3. The number of phenols is 1. The molecule has 6 rings (SSSR count). The Bertz CT molecular complexity index is 1840. The summed E-state index contributed by atoms with van der Waals surface area (Å²) in [4.78, 5) is 19.6. The highest BCUT2D eigenvalue weighted by atomic mass is 32.2. The van der Waals surface area contributed by atoms with E-state index in [-0.39, 0.29) is 18.1 Å². The molecule has 0 amide bonds.